The number of aliphatic hydroxyl groups is 3. The van der Waals surface area contributed by atoms with Crippen molar-refractivity contribution in [3.63, 3.8) is 0 Å². The molecule has 3 aliphatic carbocycles. The normalized spacial score (nSPS) is 43.7. The largest absolute Gasteiger partial charge is 0.495 e. The number of rotatable bonds is 2. The number of benzene rings is 1. The van der Waals surface area contributed by atoms with Crippen LogP contribution in [0.4, 0.5) is 10.5 Å². The highest BCUT2D eigenvalue weighted by molar-refractivity contribution is 6.01. The number of amides is 1. The second-order valence-electron chi connectivity index (χ2n) is 10.3. The third-order valence-electron chi connectivity index (χ3n) is 9.80. The summed E-state index contributed by atoms with van der Waals surface area (Å²) in [5, 5.41) is 35.7. The van der Waals surface area contributed by atoms with Crippen LogP contribution in [-0.2, 0) is 19.7 Å². The van der Waals surface area contributed by atoms with Crippen molar-refractivity contribution in [3.05, 3.63) is 23.8 Å². The van der Waals surface area contributed by atoms with Gasteiger partial charge in [0.05, 0.1) is 33.1 Å². The van der Waals surface area contributed by atoms with E-state index in [9.17, 15) is 24.9 Å². The van der Waals surface area contributed by atoms with E-state index in [0.29, 0.717) is 43.8 Å². The lowest BCUT2D eigenvalue weighted by atomic mass is 9.35. The molecule has 0 radical (unpaired) electrons. The number of aliphatic hydroxyl groups excluding tert-OH is 2. The maximum atomic E-state index is 13.5. The van der Waals surface area contributed by atoms with Gasteiger partial charge < -0.3 is 29.5 Å². The molecular weight excluding hydrogens is 444 g/mol. The predicted molar refractivity (Wildman–Crippen MR) is 118 cm³/mol. The number of esters is 1. The van der Waals surface area contributed by atoms with Gasteiger partial charge in [-0.2, -0.15) is 0 Å². The van der Waals surface area contributed by atoms with Crippen molar-refractivity contribution < 1.29 is 39.1 Å². The summed E-state index contributed by atoms with van der Waals surface area (Å²) in [4.78, 5) is 30.6. The van der Waals surface area contributed by atoms with Gasteiger partial charge in [-0.15, -0.1) is 0 Å². The first-order valence-electron chi connectivity index (χ1n) is 11.7. The van der Waals surface area contributed by atoms with Crippen LogP contribution in [0.2, 0.25) is 0 Å². The maximum absolute atomic E-state index is 13.5. The Morgan fingerprint density at radius 1 is 1.06 bits per heavy atom. The number of carbonyl (C=O) groups is 2. The fraction of sp³-hybridized carbons (Fsp3) is 0.667. The summed E-state index contributed by atoms with van der Waals surface area (Å²) in [6.45, 7) is 1.25. The molecule has 0 aromatic heterocycles. The van der Waals surface area contributed by atoms with E-state index < -0.39 is 52.3 Å². The first-order valence-corrected chi connectivity index (χ1v) is 11.7. The van der Waals surface area contributed by atoms with Crippen molar-refractivity contribution in [2.24, 2.45) is 5.41 Å². The van der Waals surface area contributed by atoms with Crippen LogP contribution >= 0.6 is 0 Å². The summed E-state index contributed by atoms with van der Waals surface area (Å²) in [6, 6.07) is 5.03. The van der Waals surface area contributed by atoms with Gasteiger partial charge in [-0.3, -0.25) is 9.80 Å². The van der Waals surface area contributed by atoms with E-state index in [1.54, 1.807) is 6.07 Å². The second kappa shape index (κ2) is 6.63. The van der Waals surface area contributed by atoms with E-state index in [2.05, 4.69) is 4.90 Å². The van der Waals surface area contributed by atoms with Crippen molar-refractivity contribution in [1.82, 2.24) is 4.90 Å². The molecule has 3 saturated carbocycles. The van der Waals surface area contributed by atoms with Gasteiger partial charge in [0.1, 0.15) is 17.4 Å². The monoisotopic (exact) mass is 474 g/mol. The third-order valence-corrected chi connectivity index (χ3v) is 9.80. The van der Waals surface area contributed by atoms with Gasteiger partial charge in [0.15, 0.2) is 0 Å². The average Bonchev–Trinajstić information content (AvgIpc) is 3.39. The number of para-hydroxylation sites is 1. The molecule has 184 valence electrons. The molecule has 7 rings (SSSR count). The van der Waals surface area contributed by atoms with E-state index in [-0.39, 0.29) is 6.42 Å². The lowest BCUT2D eigenvalue weighted by molar-refractivity contribution is -0.301. The molecule has 1 aromatic carbocycles. The van der Waals surface area contributed by atoms with Crippen LogP contribution in [0.25, 0.3) is 0 Å². The Bertz CT molecular complexity index is 1100. The number of nitrogens with zero attached hydrogens (tertiary/aromatic N) is 2. The highest BCUT2D eigenvalue weighted by Crippen LogP contribution is 2.77. The summed E-state index contributed by atoms with van der Waals surface area (Å²) in [7, 11) is 3.89. The minimum absolute atomic E-state index is 0.171. The Kier molecular flexibility index (Phi) is 4.31. The van der Waals surface area contributed by atoms with Crippen LogP contribution in [-0.4, -0.2) is 96.1 Å². The molecule has 0 unspecified atom stereocenters. The molecule has 3 spiro atoms. The topological polar surface area (TPSA) is 129 Å². The maximum Gasteiger partial charge on any atom is 0.414 e. The molecule has 2 saturated heterocycles. The average molecular weight is 475 g/mol. The third kappa shape index (κ3) is 1.88. The number of ether oxygens (including phenoxy) is 3. The van der Waals surface area contributed by atoms with E-state index in [4.69, 9.17) is 14.2 Å². The minimum Gasteiger partial charge on any atom is -0.495 e. The molecule has 5 fully saturated rings. The zero-order valence-electron chi connectivity index (χ0n) is 19.5. The lowest BCUT2D eigenvalue weighted by Crippen LogP contribution is -2.92. The van der Waals surface area contributed by atoms with Gasteiger partial charge in [-0.1, -0.05) is 12.1 Å². The second-order valence-corrected chi connectivity index (χ2v) is 10.3. The van der Waals surface area contributed by atoms with Gasteiger partial charge in [-0.05, 0) is 43.9 Å². The number of piperidine rings is 1. The Morgan fingerprint density at radius 3 is 2.50 bits per heavy atom. The molecule has 3 aliphatic heterocycles. The van der Waals surface area contributed by atoms with Gasteiger partial charge in [-0.25, -0.2) is 9.59 Å². The lowest BCUT2D eigenvalue weighted by Gasteiger charge is -2.74. The number of hydrogen-bond acceptors (Lipinski definition) is 9. The Hall–Kier alpha value is -2.40. The number of fused-ring (bicyclic) bond motifs is 3. The van der Waals surface area contributed by atoms with Crippen molar-refractivity contribution >= 4 is 17.7 Å². The molecule has 10 nitrogen and oxygen atoms in total. The van der Waals surface area contributed by atoms with Crippen LogP contribution in [0.5, 0.6) is 5.75 Å². The molecule has 34 heavy (non-hydrogen) atoms. The van der Waals surface area contributed by atoms with E-state index in [0.717, 1.165) is 12.7 Å². The number of carbonyl (C=O) groups excluding carboxylic acids is 2. The van der Waals surface area contributed by atoms with Crippen LogP contribution in [0.15, 0.2) is 18.2 Å². The number of methoxy groups -OCH3 is 3. The molecule has 1 aromatic rings. The summed E-state index contributed by atoms with van der Waals surface area (Å²) >= 11 is 0. The van der Waals surface area contributed by atoms with Gasteiger partial charge >= 0.3 is 12.1 Å². The van der Waals surface area contributed by atoms with Crippen molar-refractivity contribution in [1.29, 1.82) is 0 Å². The van der Waals surface area contributed by atoms with Crippen molar-refractivity contribution in [3.8, 4) is 5.75 Å². The molecule has 2 bridgehead atoms. The molecule has 10 heteroatoms. The first-order chi connectivity index (χ1) is 16.2. The standard InChI is InChI=1S/C24H30N2O8/c1-32-14-6-4-5-13-16(14)26(20(30)34-3)23-9-8-21(18(28)24(23,31)19(29)33-2)15(27)7-11-25-12-10-22(13,23)17(21)25/h4-6,15,17-18,27-28,31H,7-12H2,1-3H3/t15-,17-,18-,21+,22+,23-,24+/m0/s1. The fourth-order valence-corrected chi connectivity index (χ4v) is 8.88. The molecular formula is C24H30N2O8. The summed E-state index contributed by atoms with van der Waals surface area (Å²) in [6.07, 6.45) is -1.94. The molecule has 3 N–H and O–H groups in total. The van der Waals surface area contributed by atoms with Crippen LogP contribution in [0.1, 0.15) is 31.2 Å². The summed E-state index contributed by atoms with van der Waals surface area (Å²) in [5.74, 6) is -0.635. The fourth-order valence-electron chi connectivity index (χ4n) is 8.88. The number of anilines is 1. The van der Waals surface area contributed by atoms with E-state index in [1.807, 2.05) is 12.1 Å². The quantitative estimate of drug-likeness (QED) is 0.513. The molecule has 1 amide bonds. The van der Waals surface area contributed by atoms with Gasteiger partial charge in [0.25, 0.3) is 0 Å². The minimum atomic E-state index is -2.51. The highest BCUT2D eigenvalue weighted by Gasteiger charge is 2.91. The van der Waals surface area contributed by atoms with Gasteiger partial charge in [0.2, 0.25) is 5.60 Å². The Balaban J connectivity index is 1.79. The first kappa shape index (κ1) is 22.1. The molecule has 7 atom stereocenters. The van der Waals surface area contributed by atoms with E-state index in [1.165, 1.54) is 19.1 Å². The summed E-state index contributed by atoms with van der Waals surface area (Å²) < 4.78 is 16.0. The van der Waals surface area contributed by atoms with E-state index >= 15 is 0 Å². The predicted octanol–water partition coefficient (Wildman–Crippen LogP) is 0.156. The van der Waals surface area contributed by atoms with Crippen LogP contribution < -0.4 is 9.64 Å². The van der Waals surface area contributed by atoms with Crippen molar-refractivity contribution in [2.75, 3.05) is 39.3 Å². The highest BCUT2D eigenvalue weighted by atomic mass is 16.6. The summed E-state index contributed by atoms with van der Waals surface area (Å²) in [5.41, 5.74) is -5.08. The SMILES string of the molecule is COC(=O)N1c2c(OC)cccc2[C@@]23CCN4CC[C@H](O)[C@]5(CC[C@]12[C@](O)(C(=O)OC)[C@H]5O)[C@H]43. The Morgan fingerprint density at radius 2 is 1.82 bits per heavy atom. The zero-order valence-corrected chi connectivity index (χ0v) is 19.5. The Labute approximate surface area is 197 Å². The zero-order chi connectivity index (χ0) is 24.3. The smallest absolute Gasteiger partial charge is 0.414 e. The molecule has 3 heterocycles. The molecule has 6 aliphatic rings. The van der Waals surface area contributed by atoms with Crippen LogP contribution in [0.3, 0.4) is 0 Å². The number of hydrogen-bond donors (Lipinski definition) is 3. The van der Waals surface area contributed by atoms with Crippen molar-refractivity contribution in [2.45, 2.75) is 60.5 Å². The van der Waals surface area contributed by atoms with Crippen LogP contribution in [0, 0.1) is 5.41 Å². The van der Waals surface area contributed by atoms with Gasteiger partial charge in [0, 0.05) is 23.4 Å².